The van der Waals surface area contributed by atoms with Crippen molar-refractivity contribution in [1.29, 1.82) is 0 Å². The van der Waals surface area contributed by atoms with Crippen molar-refractivity contribution in [2.45, 2.75) is 19.9 Å². The largest absolute Gasteiger partial charge is 0.449 e. The molecule has 0 aromatic heterocycles. The number of halogens is 2. The van der Waals surface area contributed by atoms with E-state index in [2.05, 4.69) is 5.32 Å². The average Bonchev–Trinajstić information content (AvgIpc) is 2.26. The van der Waals surface area contributed by atoms with Gasteiger partial charge in [0.1, 0.15) is 12.4 Å². The van der Waals surface area contributed by atoms with Gasteiger partial charge < -0.3 is 10.1 Å². The molecule has 3 nitrogen and oxygen atoms in total. The molecule has 1 N–H and O–H groups in total. The standard InChI is InChI=1S/C12H13ClFNO2/c1-12(2)6-17-11(16)15-10(12)7-3-4-9(14)8(13)5-7/h3-5,10H,6H2,1-2H3,(H,15,16)/t10-/m0/s1. The lowest BCUT2D eigenvalue weighted by Crippen LogP contribution is -2.46. The van der Waals surface area contributed by atoms with Crippen LogP contribution in [0.3, 0.4) is 0 Å². The Morgan fingerprint density at radius 1 is 1.53 bits per heavy atom. The molecule has 1 fully saturated rings. The molecule has 0 aliphatic carbocycles. The Morgan fingerprint density at radius 2 is 2.24 bits per heavy atom. The summed E-state index contributed by atoms with van der Waals surface area (Å²) in [5, 5.41) is 2.78. The van der Waals surface area contributed by atoms with E-state index in [1.807, 2.05) is 13.8 Å². The molecule has 92 valence electrons. The first kappa shape index (κ1) is 12.2. The summed E-state index contributed by atoms with van der Waals surface area (Å²) in [6, 6.07) is 4.23. The first-order valence-electron chi connectivity index (χ1n) is 5.28. The maximum absolute atomic E-state index is 13.1. The van der Waals surface area contributed by atoms with Crippen LogP contribution in [0.15, 0.2) is 18.2 Å². The van der Waals surface area contributed by atoms with E-state index in [9.17, 15) is 9.18 Å². The number of nitrogens with one attached hydrogen (secondary N) is 1. The Labute approximate surface area is 104 Å². The SMILES string of the molecule is CC1(C)COC(=O)N[C@H]1c1ccc(F)c(Cl)c1. The lowest BCUT2D eigenvalue weighted by molar-refractivity contribution is 0.0387. The van der Waals surface area contributed by atoms with E-state index < -0.39 is 11.9 Å². The number of carbonyl (C=O) groups is 1. The van der Waals surface area contributed by atoms with Crippen LogP contribution in [0.2, 0.25) is 5.02 Å². The van der Waals surface area contributed by atoms with Gasteiger partial charge in [-0.3, -0.25) is 0 Å². The monoisotopic (exact) mass is 257 g/mol. The van der Waals surface area contributed by atoms with Gasteiger partial charge >= 0.3 is 6.09 Å². The molecule has 0 saturated carbocycles. The quantitative estimate of drug-likeness (QED) is 0.838. The highest BCUT2D eigenvalue weighted by Gasteiger charge is 2.37. The molecule has 0 spiro atoms. The molecule has 0 bridgehead atoms. The normalized spacial score (nSPS) is 22.8. The Balaban J connectivity index is 2.36. The van der Waals surface area contributed by atoms with Crippen molar-refractivity contribution >= 4 is 17.7 Å². The summed E-state index contributed by atoms with van der Waals surface area (Å²) in [5.41, 5.74) is 0.507. The second-order valence-corrected chi connectivity index (χ2v) is 5.22. The maximum Gasteiger partial charge on any atom is 0.407 e. The molecule has 17 heavy (non-hydrogen) atoms. The Morgan fingerprint density at radius 3 is 2.88 bits per heavy atom. The molecule has 1 saturated heterocycles. The number of benzene rings is 1. The minimum absolute atomic E-state index is 0.0547. The predicted molar refractivity (Wildman–Crippen MR) is 62.4 cm³/mol. The summed E-state index contributed by atoms with van der Waals surface area (Å²) in [6.07, 6.45) is -0.463. The topological polar surface area (TPSA) is 38.3 Å². The van der Waals surface area contributed by atoms with Crippen molar-refractivity contribution < 1.29 is 13.9 Å². The summed E-state index contributed by atoms with van der Waals surface area (Å²) in [6.45, 7) is 4.25. The van der Waals surface area contributed by atoms with Gasteiger partial charge in [0.2, 0.25) is 0 Å². The highest BCUT2D eigenvalue weighted by Crippen LogP contribution is 2.37. The Bertz CT molecular complexity index is 462. The van der Waals surface area contributed by atoms with Crippen LogP contribution in [0, 0.1) is 11.2 Å². The number of hydrogen-bond acceptors (Lipinski definition) is 2. The molecule has 1 atom stereocenters. The van der Waals surface area contributed by atoms with Crippen molar-refractivity contribution in [3.05, 3.63) is 34.6 Å². The van der Waals surface area contributed by atoms with E-state index in [1.165, 1.54) is 12.1 Å². The van der Waals surface area contributed by atoms with Crippen LogP contribution in [-0.4, -0.2) is 12.7 Å². The zero-order valence-electron chi connectivity index (χ0n) is 9.59. The van der Waals surface area contributed by atoms with Gasteiger partial charge in [-0.15, -0.1) is 0 Å². The van der Waals surface area contributed by atoms with Crippen molar-refractivity contribution in [3.63, 3.8) is 0 Å². The van der Waals surface area contributed by atoms with Crippen LogP contribution in [0.5, 0.6) is 0 Å². The fraction of sp³-hybridized carbons (Fsp3) is 0.417. The van der Waals surface area contributed by atoms with Gasteiger partial charge in [0.25, 0.3) is 0 Å². The molecule has 1 amide bonds. The van der Waals surface area contributed by atoms with E-state index in [0.717, 1.165) is 5.56 Å². The summed E-state index contributed by atoms with van der Waals surface area (Å²) in [4.78, 5) is 11.2. The fourth-order valence-corrected chi connectivity index (χ4v) is 2.11. The number of ether oxygens (including phenoxy) is 1. The molecule has 0 unspecified atom stereocenters. The Kier molecular flexibility index (Phi) is 3.00. The van der Waals surface area contributed by atoms with Gasteiger partial charge in [-0.2, -0.15) is 0 Å². The molecule has 1 aromatic rings. The number of cyclic esters (lactones) is 1. The van der Waals surface area contributed by atoms with Gasteiger partial charge in [-0.05, 0) is 17.7 Å². The van der Waals surface area contributed by atoms with Crippen LogP contribution in [0.4, 0.5) is 9.18 Å². The zero-order valence-corrected chi connectivity index (χ0v) is 10.3. The number of amides is 1. The smallest absolute Gasteiger partial charge is 0.407 e. The number of carbonyl (C=O) groups excluding carboxylic acids is 1. The van der Waals surface area contributed by atoms with E-state index in [1.54, 1.807) is 6.07 Å². The molecular weight excluding hydrogens is 245 g/mol. The van der Waals surface area contributed by atoms with E-state index in [4.69, 9.17) is 16.3 Å². The van der Waals surface area contributed by atoms with Crippen LogP contribution in [-0.2, 0) is 4.74 Å². The van der Waals surface area contributed by atoms with E-state index in [0.29, 0.717) is 6.61 Å². The summed E-state index contributed by atoms with van der Waals surface area (Å²) in [5.74, 6) is -0.466. The van der Waals surface area contributed by atoms with Gasteiger partial charge in [-0.25, -0.2) is 9.18 Å². The number of rotatable bonds is 1. The van der Waals surface area contributed by atoms with E-state index in [-0.39, 0.29) is 16.5 Å². The van der Waals surface area contributed by atoms with Crippen molar-refractivity contribution in [3.8, 4) is 0 Å². The highest BCUT2D eigenvalue weighted by atomic mass is 35.5. The van der Waals surface area contributed by atoms with Crippen LogP contribution in [0.1, 0.15) is 25.5 Å². The molecule has 5 heteroatoms. The third-order valence-electron chi connectivity index (χ3n) is 2.90. The van der Waals surface area contributed by atoms with Crippen molar-refractivity contribution in [2.24, 2.45) is 5.41 Å². The summed E-state index contributed by atoms with van der Waals surface area (Å²) >= 11 is 5.74. The lowest BCUT2D eigenvalue weighted by atomic mass is 9.80. The molecule has 1 aromatic carbocycles. The third kappa shape index (κ3) is 2.36. The molecule has 1 aliphatic rings. The van der Waals surface area contributed by atoms with Gasteiger partial charge in [0, 0.05) is 5.41 Å². The molecule has 1 heterocycles. The summed E-state index contributed by atoms with van der Waals surface area (Å²) in [7, 11) is 0. The van der Waals surface area contributed by atoms with Crippen molar-refractivity contribution in [2.75, 3.05) is 6.61 Å². The molecular formula is C12H13ClFNO2. The first-order valence-corrected chi connectivity index (χ1v) is 5.66. The Hall–Kier alpha value is -1.29. The average molecular weight is 258 g/mol. The van der Waals surface area contributed by atoms with Crippen LogP contribution in [0.25, 0.3) is 0 Å². The van der Waals surface area contributed by atoms with Crippen LogP contribution < -0.4 is 5.32 Å². The zero-order chi connectivity index (χ0) is 12.6. The molecule has 2 rings (SSSR count). The second kappa shape index (κ2) is 4.18. The number of hydrogen-bond donors (Lipinski definition) is 1. The molecule has 1 aliphatic heterocycles. The maximum atomic E-state index is 13.1. The lowest BCUT2D eigenvalue weighted by Gasteiger charge is -2.38. The van der Waals surface area contributed by atoms with Gasteiger partial charge in [0.15, 0.2) is 0 Å². The molecule has 0 radical (unpaired) electrons. The minimum Gasteiger partial charge on any atom is -0.449 e. The van der Waals surface area contributed by atoms with Crippen molar-refractivity contribution in [1.82, 2.24) is 5.32 Å². The second-order valence-electron chi connectivity index (χ2n) is 4.82. The summed E-state index contributed by atoms with van der Waals surface area (Å²) < 4.78 is 18.0. The van der Waals surface area contributed by atoms with Gasteiger partial charge in [0.05, 0.1) is 11.1 Å². The predicted octanol–water partition coefficient (Wildman–Crippen LogP) is 3.29. The fourth-order valence-electron chi connectivity index (χ4n) is 1.92. The minimum atomic E-state index is -0.466. The first-order chi connectivity index (χ1) is 7.90. The third-order valence-corrected chi connectivity index (χ3v) is 3.19. The van der Waals surface area contributed by atoms with Crippen LogP contribution >= 0.6 is 11.6 Å². The van der Waals surface area contributed by atoms with Gasteiger partial charge in [-0.1, -0.05) is 31.5 Å². The van der Waals surface area contributed by atoms with E-state index >= 15 is 0 Å². The number of alkyl carbamates (subject to hydrolysis) is 1. The highest BCUT2D eigenvalue weighted by molar-refractivity contribution is 6.30.